The van der Waals surface area contributed by atoms with Crippen LogP contribution >= 0.6 is 0 Å². The lowest BCUT2D eigenvalue weighted by Gasteiger charge is -2.26. The summed E-state index contributed by atoms with van der Waals surface area (Å²) in [5.41, 5.74) is 3.71. The highest BCUT2D eigenvalue weighted by Gasteiger charge is 2.15. The van der Waals surface area contributed by atoms with Gasteiger partial charge in [0.1, 0.15) is 30.3 Å². The number of fused-ring (bicyclic) bond motifs is 1. The number of nitrogens with one attached hydrogen (secondary N) is 2. The van der Waals surface area contributed by atoms with Crippen LogP contribution in [0.1, 0.15) is 5.56 Å². The zero-order chi connectivity index (χ0) is 25.5. The number of ether oxygens (including phenoxy) is 2. The van der Waals surface area contributed by atoms with Gasteiger partial charge >= 0.3 is 0 Å². The number of hydrogen-bond donors (Lipinski definition) is 2. The van der Waals surface area contributed by atoms with Gasteiger partial charge < -0.3 is 20.1 Å². The number of rotatable bonds is 10. The molecule has 0 aliphatic carbocycles. The van der Waals surface area contributed by atoms with Crippen molar-refractivity contribution >= 4 is 38.9 Å². The highest BCUT2D eigenvalue weighted by Crippen LogP contribution is 2.33. The molecule has 3 aromatic carbocycles. The second-order valence-electron chi connectivity index (χ2n) is 8.83. The third-order valence-electron chi connectivity index (χ3n) is 6.34. The van der Waals surface area contributed by atoms with E-state index in [1.54, 1.807) is 13.4 Å². The summed E-state index contributed by atoms with van der Waals surface area (Å²) in [5.74, 6) is 3.76. The van der Waals surface area contributed by atoms with Gasteiger partial charge in [-0.15, -0.1) is 0 Å². The average molecular weight is 518 g/mol. The van der Waals surface area contributed by atoms with E-state index < -0.39 is 10.8 Å². The Morgan fingerprint density at radius 1 is 1.00 bits per heavy atom. The van der Waals surface area contributed by atoms with Gasteiger partial charge in [0, 0.05) is 65.6 Å². The van der Waals surface area contributed by atoms with Gasteiger partial charge in [-0.1, -0.05) is 30.3 Å². The number of methoxy groups -OCH3 is 1. The molecule has 192 valence electrons. The van der Waals surface area contributed by atoms with Gasteiger partial charge in [0.15, 0.2) is 0 Å². The van der Waals surface area contributed by atoms with E-state index in [2.05, 4.69) is 25.5 Å². The Labute approximate surface area is 219 Å². The Hall–Kier alpha value is -3.69. The van der Waals surface area contributed by atoms with Gasteiger partial charge in [0.25, 0.3) is 0 Å². The van der Waals surface area contributed by atoms with Crippen molar-refractivity contribution in [1.29, 1.82) is 0 Å². The molecule has 2 heterocycles. The van der Waals surface area contributed by atoms with Crippen molar-refractivity contribution in [1.82, 2.24) is 14.9 Å². The van der Waals surface area contributed by atoms with Crippen molar-refractivity contribution in [3.05, 3.63) is 78.6 Å². The lowest BCUT2D eigenvalue weighted by Crippen LogP contribution is -2.40. The van der Waals surface area contributed by atoms with Crippen molar-refractivity contribution in [3.63, 3.8) is 0 Å². The highest BCUT2D eigenvalue weighted by atomic mass is 32.2. The summed E-state index contributed by atoms with van der Waals surface area (Å²) in [6.07, 6.45) is 1.55. The molecule has 0 atom stereocenters. The lowest BCUT2D eigenvalue weighted by molar-refractivity contribution is 0.306. The molecule has 1 aliphatic rings. The van der Waals surface area contributed by atoms with E-state index in [4.69, 9.17) is 9.47 Å². The minimum atomic E-state index is -0.664. The number of anilines is 3. The summed E-state index contributed by atoms with van der Waals surface area (Å²) >= 11 is 0. The molecule has 5 rings (SSSR count). The van der Waals surface area contributed by atoms with Crippen LogP contribution in [0.4, 0.5) is 17.2 Å². The van der Waals surface area contributed by atoms with Crippen LogP contribution in [-0.2, 0) is 17.4 Å². The summed E-state index contributed by atoms with van der Waals surface area (Å²) in [4.78, 5) is 11.3. The maximum absolute atomic E-state index is 11.6. The summed E-state index contributed by atoms with van der Waals surface area (Å²) in [6, 6.07) is 21.9. The fourth-order valence-electron chi connectivity index (χ4n) is 4.25. The first-order chi connectivity index (χ1) is 18.2. The van der Waals surface area contributed by atoms with Crippen molar-refractivity contribution in [2.75, 3.05) is 55.4 Å². The first kappa shape index (κ1) is 25.0. The molecule has 1 aliphatic heterocycles. The first-order valence-corrected chi connectivity index (χ1v) is 13.8. The molecule has 0 unspecified atom stereocenters. The smallest absolute Gasteiger partial charge is 0.144 e. The van der Waals surface area contributed by atoms with Gasteiger partial charge in [-0.05, 0) is 35.9 Å². The molecular weight excluding hydrogens is 486 g/mol. The molecule has 2 N–H and O–H groups in total. The van der Waals surface area contributed by atoms with Crippen molar-refractivity contribution in [2.45, 2.75) is 6.61 Å². The third kappa shape index (κ3) is 6.55. The minimum Gasteiger partial charge on any atom is -0.495 e. The topological polar surface area (TPSA) is 88.6 Å². The summed E-state index contributed by atoms with van der Waals surface area (Å²) in [7, 11) is 0.997. The molecule has 1 aromatic heterocycles. The molecule has 4 aromatic rings. The maximum Gasteiger partial charge on any atom is 0.144 e. The van der Waals surface area contributed by atoms with E-state index in [1.807, 2.05) is 66.7 Å². The van der Waals surface area contributed by atoms with Gasteiger partial charge in [0.2, 0.25) is 0 Å². The van der Waals surface area contributed by atoms with Crippen LogP contribution in [0.25, 0.3) is 10.9 Å². The molecular formula is C28H31N5O3S. The van der Waals surface area contributed by atoms with Crippen LogP contribution in [0.3, 0.4) is 0 Å². The van der Waals surface area contributed by atoms with Gasteiger partial charge in [-0.3, -0.25) is 9.11 Å². The third-order valence-corrected chi connectivity index (χ3v) is 7.61. The van der Waals surface area contributed by atoms with E-state index in [0.717, 1.165) is 77.0 Å². The quantitative estimate of drug-likeness (QED) is 0.319. The van der Waals surface area contributed by atoms with E-state index in [9.17, 15) is 4.21 Å². The Kier molecular flexibility index (Phi) is 8.12. The van der Waals surface area contributed by atoms with Crippen LogP contribution in [-0.4, -0.2) is 63.9 Å². The van der Waals surface area contributed by atoms with E-state index in [-0.39, 0.29) is 0 Å². The number of hydrogen-bond acceptors (Lipinski definition) is 8. The fourth-order valence-corrected chi connectivity index (χ4v) is 5.38. The van der Waals surface area contributed by atoms with Crippen LogP contribution in [0.15, 0.2) is 73.1 Å². The van der Waals surface area contributed by atoms with Crippen molar-refractivity contribution in [3.8, 4) is 11.5 Å². The highest BCUT2D eigenvalue weighted by molar-refractivity contribution is 7.85. The number of benzene rings is 3. The first-order valence-electron chi connectivity index (χ1n) is 12.4. The lowest BCUT2D eigenvalue weighted by atomic mass is 10.2. The second-order valence-corrected chi connectivity index (χ2v) is 10.5. The SMILES string of the molecule is COc1cc2ncnc(Nc3ccc(OCc4ccccc4)cc3)c2cc1NCCN1CCS(=O)CC1. The van der Waals surface area contributed by atoms with Gasteiger partial charge in [-0.25, -0.2) is 9.97 Å². The zero-order valence-corrected chi connectivity index (χ0v) is 21.7. The molecule has 0 amide bonds. The molecule has 1 fully saturated rings. The minimum absolute atomic E-state index is 0.527. The van der Waals surface area contributed by atoms with Crippen molar-refractivity contribution in [2.24, 2.45) is 0 Å². The summed E-state index contributed by atoms with van der Waals surface area (Å²) in [5, 5.41) is 7.80. The number of aromatic nitrogens is 2. The summed E-state index contributed by atoms with van der Waals surface area (Å²) in [6.45, 7) is 3.92. The Balaban J connectivity index is 1.26. The molecule has 0 radical (unpaired) electrons. The molecule has 1 saturated heterocycles. The fraction of sp³-hybridized carbons (Fsp3) is 0.286. The van der Waals surface area contributed by atoms with E-state index in [1.165, 1.54) is 0 Å². The zero-order valence-electron chi connectivity index (χ0n) is 20.9. The Morgan fingerprint density at radius 3 is 2.54 bits per heavy atom. The summed E-state index contributed by atoms with van der Waals surface area (Å²) < 4.78 is 23.1. The molecule has 9 heteroatoms. The van der Waals surface area contributed by atoms with Gasteiger partial charge in [-0.2, -0.15) is 0 Å². The average Bonchev–Trinajstić information content (AvgIpc) is 2.94. The van der Waals surface area contributed by atoms with E-state index in [0.29, 0.717) is 12.4 Å². The molecule has 0 saturated carbocycles. The predicted octanol–water partition coefficient (Wildman–Crippen LogP) is 4.44. The van der Waals surface area contributed by atoms with Gasteiger partial charge in [0.05, 0.1) is 18.3 Å². The predicted molar refractivity (Wildman–Crippen MR) is 149 cm³/mol. The molecule has 0 bridgehead atoms. The Bertz CT molecular complexity index is 1340. The molecule has 0 spiro atoms. The van der Waals surface area contributed by atoms with Crippen LogP contribution in [0.5, 0.6) is 11.5 Å². The van der Waals surface area contributed by atoms with Crippen LogP contribution < -0.4 is 20.1 Å². The normalized spacial score (nSPS) is 14.4. The maximum atomic E-state index is 11.6. The van der Waals surface area contributed by atoms with Crippen LogP contribution in [0, 0.1) is 0 Å². The van der Waals surface area contributed by atoms with Crippen molar-refractivity contribution < 1.29 is 13.7 Å². The molecule has 8 nitrogen and oxygen atoms in total. The second kappa shape index (κ2) is 12.0. The standard InChI is InChI=1S/C28H31N5O3S/c1-35-27-18-25-24(17-26(27)29-11-12-33-13-15-37(34)16-14-33)28(31-20-30-25)32-22-7-9-23(10-8-22)36-19-21-5-3-2-4-6-21/h2-10,17-18,20,29H,11-16,19H2,1H3,(H,30,31,32). The van der Waals surface area contributed by atoms with E-state index >= 15 is 0 Å². The monoisotopic (exact) mass is 517 g/mol. The number of nitrogens with zero attached hydrogens (tertiary/aromatic N) is 3. The van der Waals surface area contributed by atoms with Crippen LogP contribution in [0.2, 0.25) is 0 Å². The molecule has 37 heavy (non-hydrogen) atoms. The Morgan fingerprint density at radius 2 is 1.78 bits per heavy atom. The largest absolute Gasteiger partial charge is 0.495 e.